The quantitative estimate of drug-likeness (QED) is 0.725. The first kappa shape index (κ1) is 12.1. The summed E-state index contributed by atoms with van der Waals surface area (Å²) < 4.78 is 4.15. The second kappa shape index (κ2) is 5.22. The molecular weight excluding hydrogens is 372 g/mol. The van der Waals surface area contributed by atoms with Crippen molar-refractivity contribution < 1.29 is 24.7 Å². The molecule has 1 aromatic heterocycles. The van der Waals surface area contributed by atoms with E-state index in [1.807, 2.05) is 6.20 Å². The van der Waals surface area contributed by atoms with Crippen LogP contribution in [-0.2, 0) is 12.0 Å². The molecule has 80 valence electrons. The van der Waals surface area contributed by atoms with Crippen molar-refractivity contribution in [2.45, 2.75) is 30.4 Å². The molecule has 1 aromatic rings. The number of aromatic nitrogens is 2. The molecule has 0 amide bonds. The Morgan fingerprint density at radius 3 is 2.93 bits per heavy atom. The minimum absolute atomic E-state index is 0.215. The Bertz CT molecular complexity index is 281. The van der Waals surface area contributed by atoms with E-state index in [1.165, 1.54) is 5.69 Å². The van der Waals surface area contributed by atoms with E-state index in [0.717, 1.165) is 19.6 Å². The SMILES string of the molecule is CC1(C)CNCCn2nccc21.C[At]. The van der Waals surface area contributed by atoms with Crippen LogP contribution in [0.3, 0.4) is 0 Å². The molecule has 0 spiro atoms. The van der Waals surface area contributed by atoms with Crippen LogP contribution in [0.2, 0.25) is 4.63 Å². The molecule has 1 N–H and O–H groups in total. The van der Waals surface area contributed by atoms with Crippen LogP contribution in [0.5, 0.6) is 0 Å². The van der Waals surface area contributed by atoms with E-state index in [0.29, 0.717) is 0 Å². The summed E-state index contributed by atoms with van der Waals surface area (Å²) in [7, 11) is 0. The van der Waals surface area contributed by atoms with E-state index in [1.54, 1.807) is 24.7 Å². The van der Waals surface area contributed by atoms with Gasteiger partial charge in [-0.05, 0) is 6.07 Å². The second-order valence-electron chi connectivity index (χ2n) is 4.00. The summed E-state index contributed by atoms with van der Waals surface area (Å²) in [5.41, 5.74) is 1.56. The van der Waals surface area contributed by atoms with Crippen molar-refractivity contribution in [2.24, 2.45) is 0 Å². The van der Waals surface area contributed by atoms with Gasteiger partial charge in [0, 0.05) is 30.4 Å². The van der Waals surface area contributed by atoms with Gasteiger partial charge in [-0.3, -0.25) is 4.68 Å². The number of hydrogen-bond donors (Lipinski definition) is 1. The van der Waals surface area contributed by atoms with Gasteiger partial charge in [-0.15, -0.1) is 0 Å². The number of hydrogen-bond acceptors (Lipinski definition) is 2. The molecule has 0 aliphatic carbocycles. The van der Waals surface area contributed by atoms with Crippen LogP contribution in [0.25, 0.3) is 0 Å². The molecule has 2 heterocycles. The molecule has 2 rings (SSSR count). The maximum absolute atomic E-state index is 4.29. The molecule has 1 aliphatic rings. The van der Waals surface area contributed by atoms with Crippen molar-refractivity contribution in [3.8, 4) is 0 Å². The first-order valence-electron chi connectivity index (χ1n) is 4.81. The van der Waals surface area contributed by atoms with E-state index in [2.05, 4.69) is 39.6 Å². The topological polar surface area (TPSA) is 29.9 Å². The number of nitrogens with one attached hydrogen (secondary N) is 1. The minimum atomic E-state index is 0.215. The van der Waals surface area contributed by atoms with Crippen LogP contribution in [-0.4, -0.2) is 22.9 Å². The van der Waals surface area contributed by atoms with Crippen molar-refractivity contribution in [2.75, 3.05) is 13.1 Å². The van der Waals surface area contributed by atoms with E-state index in [4.69, 9.17) is 0 Å². The molecule has 1 aliphatic heterocycles. The van der Waals surface area contributed by atoms with E-state index in [9.17, 15) is 0 Å². The van der Waals surface area contributed by atoms with Crippen molar-refractivity contribution in [1.82, 2.24) is 15.1 Å². The molecule has 0 bridgehead atoms. The third-order valence-corrected chi connectivity index (χ3v) is 2.48. The fourth-order valence-corrected chi connectivity index (χ4v) is 1.76. The molecule has 0 aromatic carbocycles. The van der Waals surface area contributed by atoms with Crippen LogP contribution in [0.15, 0.2) is 12.3 Å². The zero-order valence-corrected chi connectivity index (χ0v) is 12.0. The van der Waals surface area contributed by atoms with E-state index in [-0.39, 0.29) is 5.41 Å². The molecular formula is C10H18AtN3. The second-order valence-corrected chi connectivity index (χ2v) is 4.00. The predicted octanol–water partition coefficient (Wildman–Crippen LogP) is 1.35. The average Bonchev–Trinajstić information content (AvgIpc) is 2.60. The first-order valence-corrected chi connectivity index (χ1v) is 7.75. The van der Waals surface area contributed by atoms with E-state index < -0.39 is 0 Å². The first-order chi connectivity index (χ1) is 6.70. The molecule has 4 heteroatoms. The van der Waals surface area contributed by atoms with Crippen LogP contribution in [0.1, 0.15) is 19.5 Å². The van der Waals surface area contributed by atoms with Crippen molar-refractivity contribution >= 4 is 0 Å². The Balaban J connectivity index is 0.000000461. The molecule has 3 nitrogen and oxygen atoms in total. The fraction of sp³-hybridized carbons (Fsp3) is 0.700. The monoisotopic (exact) mass is 390 g/mol. The van der Waals surface area contributed by atoms with Gasteiger partial charge >= 0.3 is 29.4 Å². The molecule has 0 fully saturated rings. The summed E-state index contributed by atoms with van der Waals surface area (Å²) in [6, 6.07) is 2.12. The zero-order chi connectivity index (χ0) is 10.6. The maximum atomic E-state index is 4.29. The standard InChI is InChI=1S/C9H15N3.CH3At/c1-9(2)7-10-5-6-12-8(9)3-4-11-12;1-2/h3-4,10H,5-7H2,1-2H3;1H3. The van der Waals surface area contributed by atoms with Gasteiger partial charge < -0.3 is 5.32 Å². The molecule has 14 heavy (non-hydrogen) atoms. The summed E-state index contributed by atoms with van der Waals surface area (Å²) in [4.78, 5) is 0. The normalized spacial score (nSPS) is 18.9. The van der Waals surface area contributed by atoms with Crippen molar-refractivity contribution in [3.05, 3.63) is 18.0 Å². The number of fused-ring (bicyclic) bond motifs is 1. The third kappa shape index (κ3) is 2.55. The van der Waals surface area contributed by atoms with Crippen LogP contribution in [0, 0.1) is 24.7 Å². The summed E-state index contributed by atoms with van der Waals surface area (Å²) >= 11 is 1.72. The van der Waals surface area contributed by atoms with Gasteiger partial charge in [0.1, 0.15) is 0 Å². The summed E-state index contributed by atoms with van der Waals surface area (Å²) in [5, 5.41) is 7.70. The Morgan fingerprint density at radius 1 is 1.50 bits per heavy atom. The van der Waals surface area contributed by atoms with Crippen molar-refractivity contribution in [1.29, 1.82) is 0 Å². The van der Waals surface area contributed by atoms with Crippen LogP contribution in [0.4, 0.5) is 0 Å². The summed E-state index contributed by atoms with van der Waals surface area (Å²) in [6.07, 6.45) is 1.89. The van der Waals surface area contributed by atoms with Gasteiger partial charge in [-0.25, -0.2) is 0 Å². The van der Waals surface area contributed by atoms with Crippen molar-refractivity contribution in [3.63, 3.8) is 0 Å². The van der Waals surface area contributed by atoms with Gasteiger partial charge in [0.15, 0.2) is 0 Å². The Hall–Kier alpha value is 0.0531. The van der Waals surface area contributed by atoms with Gasteiger partial charge in [0.2, 0.25) is 0 Å². The van der Waals surface area contributed by atoms with E-state index >= 15 is 0 Å². The fourth-order valence-electron chi connectivity index (χ4n) is 1.76. The number of nitrogens with zero attached hydrogens (tertiary/aromatic N) is 2. The summed E-state index contributed by atoms with van der Waals surface area (Å²) in [5.74, 6) is 0. The van der Waals surface area contributed by atoms with Gasteiger partial charge in [-0.2, -0.15) is 5.10 Å². The summed E-state index contributed by atoms with van der Waals surface area (Å²) in [6.45, 7) is 7.56. The average molecular weight is 390 g/mol. The Labute approximate surface area is 101 Å². The van der Waals surface area contributed by atoms with Crippen LogP contribution < -0.4 is 5.32 Å². The molecule has 0 saturated heterocycles. The van der Waals surface area contributed by atoms with Crippen LogP contribution >= 0.6 is 0 Å². The number of rotatable bonds is 0. The zero-order valence-electron chi connectivity index (χ0n) is 9.05. The van der Waals surface area contributed by atoms with Gasteiger partial charge in [-0.1, -0.05) is 13.8 Å². The molecule has 0 atom stereocenters. The Morgan fingerprint density at radius 2 is 2.21 bits per heavy atom. The van der Waals surface area contributed by atoms with Gasteiger partial charge in [0.05, 0.1) is 6.54 Å². The molecule has 0 saturated carbocycles. The third-order valence-electron chi connectivity index (χ3n) is 2.48. The predicted molar refractivity (Wildman–Crippen MR) is 54.0 cm³/mol. The molecule has 0 unspecified atom stereocenters. The van der Waals surface area contributed by atoms with Gasteiger partial charge in [0.25, 0.3) is 0 Å². The molecule has 0 radical (unpaired) electrons. The Kier molecular flexibility index (Phi) is 4.52.